The maximum absolute atomic E-state index is 6.51. The maximum atomic E-state index is 6.51. The van der Waals surface area contributed by atoms with Crippen LogP contribution in [0.3, 0.4) is 0 Å². The third-order valence-corrected chi connectivity index (χ3v) is 11.2. The van der Waals surface area contributed by atoms with Gasteiger partial charge in [-0.25, -0.2) is 0 Å². The van der Waals surface area contributed by atoms with Crippen molar-refractivity contribution in [3.05, 3.63) is 212 Å². The fourth-order valence-electron chi connectivity index (χ4n) is 8.36. The second kappa shape index (κ2) is 13.2. The van der Waals surface area contributed by atoms with Crippen LogP contribution in [-0.4, -0.2) is 0 Å². The van der Waals surface area contributed by atoms with E-state index in [1.807, 2.05) is 0 Å². The van der Waals surface area contributed by atoms with Crippen molar-refractivity contribution in [1.29, 1.82) is 0 Å². The van der Waals surface area contributed by atoms with Crippen LogP contribution in [0.15, 0.2) is 217 Å². The van der Waals surface area contributed by atoms with E-state index >= 15 is 0 Å². The predicted octanol–water partition coefficient (Wildman–Crippen LogP) is 15.5. The van der Waals surface area contributed by atoms with E-state index in [-0.39, 0.29) is 0 Å². The van der Waals surface area contributed by atoms with E-state index in [9.17, 15) is 0 Å². The van der Waals surface area contributed by atoms with Crippen molar-refractivity contribution in [1.82, 2.24) is 0 Å². The number of hydrogen-bond donors (Lipinski definition) is 0. The molecule has 0 bridgehead atoms. The first kappa shape index (κ1) is 32.0. The molecule has 0 aliphatic heterocycles. The molecule has 2 heteroatoms. The topological polar surface area (TPSA) is 16.4 Å². The highest BCUT2D eigenvalue weighted by Gasteiger charge is 2.19. The van der Waals surface area contributed by atoms with Gasteiger partial charge in [0.15, 0.2) is 0 Å². The summed E-state index contributed by atoms with van der Waals surface area (Å²) >= 11 is 0. The molecule has 262 valence electrons. The van der Waals surface area contributed by atoms with Gasteiger partial charge in [0.2, 0.25) is 0 Å². The average Bonchev–Trinajstić information content (AvgIpc) is 3.65. The molecule has 0 aliphatic rings. The van der Waals surface area contributed by atoms with Gasteiger partial charge >= 0.3 is 0 Å². The third kappa shape index (κ3) is 5.51. The van der Waals surface area contributed by atoms with Crippen molar-refractivity contribution in [2.45, 2.75) is 0 Å². The molecule has 0 unspecified atom stereocenters. The van der Waals surface area contributed by atoms with Gasteiger partial charge in [-0.15, -0.1) is 0 Å². The van der Waals surface area contributed by atoms with Crippen molar-refractivity contribution in [2.24, 2.45) is 0 Å². The molecule has 1 aromatic heterocycles. The van der Waals surface area contributed by atoms with Crippen LogP contribution in [0.2, 0.25) is 0 Å². The highest BCUT2D eigenvalue weighted by Crippen LogP contribution is 2.44. The van der Waals surface area contributed by atoms with E-state index in [0.29, 0.717) is 0 Å². The number of rotatable bonds is 6. The highest BCUT2D eigenvalue weighted by atomic mass is 16.3. The van der Waals surface area contributed by atoms with Crippen LogP contribution in [0.25, 0.3) is 87.6 Å². The van der Waals surface area contributed by atoms with Gasteiger partial charge in [0, 0.05) is 33.1 Å². The smallest absolute Gasteiger partial charge is 0.143 e. The summed E-state index contributed by atoms with van der Waals surface area (Å²) < 4.78 is 6.51. The van der Waals surface area contributed by atoms with Crippen LogP contribution in [0.1, 0.15) is 0 Å². The Balaban J connectivity index is 1.04. The molecular weight excluding hydrogens is 679 g/mol. The molecule has 11 aromatic rings. The molecule has 56 heavy (non-hydrogen) atoms. The highest BCUT2D eigenvalue weighted by molar-refractivity contribution is 6.15. The van der Waals surface area contributed by atoms with Crippen molar-refractivity contribution >= 4 is 71.3 Å². The Hall–Kier alpha value is -7.42. The Morgan fingerprint density at radius 2 is 0.804 bits per heavy atom. The standard InChI is InChI=1S/C54H35NO/c1-3-12-41-33-43(19-17-36(41)9-1)38-21-27-46(28-22-38)55(47-29-23-39(24-30-47)44-20-18-37-10-2-4-13-42(37)34-44)52-16-8-7-14-48(52)45-26-32-53-51(35-45)50-31-25-40-11-5-6-15-49(40)54(50)56-53/h1-35H. The van der Waals surface area contributed by atoms with Gasteiger partial charge in [-0.3, -0.25) is 0 Å². The van der Waals surface area contributed by atoms with Gasteiger partial charge < -0.3 is 9.32 Å². The lowest BCUT2D eigenvalue weighted by molar-refractivity contribution is 0.672. The van der Waals surface area contributed by atoms with Crippen LogP contribution < -0.4 is 4.90 Å². The molecule has 0 N–H and O–H groups in total. The van der Waals surface area contributed by atoms with Crippen LogP contribution in [0.5, 0.6) is 0 Å². The number of hydrogen-bond acceptors (Lipinski definition) is 2. The first-order chi connectivity index (χ1) is 27.7. The number of anilines is 3. The minimum Gasteiger partial charge on any atom is -0.455 e. The zero-order valence-corrected chi connectivity index (χ0v) is 30.6. The molecule has 0 atom stereocenters. The first-order valence-electron chi connectivity index (χ1n) is 19.2. The predicted molar refractivity (Wildman–Crippen MR) is 237 cm³/mol. The first-order valence-corrected chi connectivity index (χ1v) is 19.2. The lowest BCUT2D eigenvalue weighted by Crippen LogP contribution is -2.11. The molecule has 10 aromatic carbocycles. The molecule has 0 radical (unpaired) electrons. The number of fused-ring (bicyclic) bond motifs is 7. The van der Waals surface area contributed by atoms with Crippen LogP contribution in [-0.2, 0) is 0 Å². The summed E-state index contributed by atoms with van der Waals surface area (Å²) in [6.07, 6.45) is 0. The monoisotopic (exact) mass is 713 g/mol. The van der Waals surface area contributed by atoms with E-state index in [0.717, 1.165) is 55.5 Å². The summed E-state index contributed by atoms with van der Waals surface area (Å²) in [6, 6.07) is 76.6. The summed E-state index contributed by atoms with van der Waals surface area (Å²) in [4.78, 5) is 2.38. The maximum Gasteiger partial charge on any atom is 0.143 e. The summed E-state index contributed by atoms with van der Waals surface area (Å²) in [5.74, 6) is 0. The fourth-order valence-corrected chi connectivity index (χ4v) is 8.36. The SMILES string of the molecule is c1ccc(N(c2ccc(-c3ccc4ccccc4c3)cc2)c2ccc(-c3ccc4ccccc4c3)cc2)c(-c2ccc3oc4c5ccccc5ccc4c3c2)c1. The molecular formula is C54H35NO. The Morgan fingerprint density at radius 3 is 1.45 bits per heavy atom. The van der Waals surface area contributed by atoms with Crippen molar-refractivity contribution in [3.8, 4) is 33.4 Å². The molecule has 1 heterocycles. The largest absolute Gasteiger partial charge is 0.455 e. The lowest BCUT2D eigenvalue weighted by Gasteiger charge is -2.28. The molecule has 0 spiro atoms. The fraction of sp³-hybridized carbons (Fsp3) is 0. The zero-order chi connectivity index (χ0) is 37.0. The van der Waals surface area contributed by atoms with E-state index in [1.54, 1.807) is 0 Å². The van der Waals surface area contributed by atoms with Crippen LogP contribution >= 0.6 is 0 Å². The van der Waals surface area contributed by atoms with Crippen LogP contribution in [0, 0.1) is 0 Å². The Bertz CT molecular complexity index is 3120. The van der Waals surface area contributed by atoms with Gasteiger partial charge in [-0.2, -0.15) is 0 Å². The summed E-state index contributed by atoms with van der Waals surface area (Å²) in [6.45, 7) is 0. The summed E-state index contributed by atoms with van der Waals surface area (Å²) in [5.41, 5.74) is 12.1. The minimum atomic E-state index is 0.892. The van der Waals surface area contributed by atoms with E-state index in [4.69, 9.17) is 4.42 Å². The molecule has 0 saturated carbocycles. The quantitative estimate of drug-likeness (QED) is 0.171. The molecule has 0 aliphatic carbocycles. The van der Waals surface area contributed by atoms with Crippen molar-refractivity contribution < 1.29 is 4.42 Å². The molecule has 0 fully saturated rings. The number of benzene rings is 10. The van der Waals surface area contributed by atoms with Gasteiger partial charge in [-0.05, 0) is 115 Å². The van der Waals surface area contributed by atoms with Crippen molar-refractivity contribution in [3.63, 3.8) is 0 Å². The Morgan fingerprint density at radius 1 is 0.304 bits per heavy atom. The van der Waals surface area contributed by atoms with Gasteiger partial charge in [0.05, 0.1) is 5.69 Å². The zero-order valence-electron chi connectivity index (χ0n) is 30.6. The lowest BCUT2D eigenvalue weighted by atomic mass is 9.98. The number of para-hydroxylation sites is 1. The van der Waals surface area contributed by atoms with Crippen LogP contribution in [0.4, 0.5) is 17.1 Å². The molecule has 0 amide bonds. The summed E-state index contributed by atoms with van der Waals surface area (Å²) in [7, 11) is 0. The second-order valence-corrected chi connectivity index (χ2v) is 14.5. The van der Waals surface area contributed by atoms with Crippen molar-refractivity contribution in [2.75, 3.05) is 4.90 Å². The number of nitrogens with zero attached hydrogens (tertiary/aromatic N) is 1. The average molecular weight is 714 g/mol. The minimum absolute atomic E-state index is 0.892. The third-order valence-electron chi connectivity index (χ3n) is 11.2. The van der Waals surface area contributed by atoms with E-state index in [2.05, 4.69) is 217 Å². The van der Waals surface area contributed by atoms with Gasteiger partial charge in [-0.1, -0.05) is 152 Å². The molecule has 2 nitrogen and oxygen atoms in total. The Labute approximate surface area is 325 Å². The van der Waals surface area contributed by atoms with Gasteiger partial charge in [0.1, 0.15) is 11.2 Å². The molecule has 0 saturated heterocycles. The molecule has 11 rings (SSSR count). The van der Waals surface area contributed by atoms with E-state index < -0.39 is 0 Å². The Kier molecular flexibility index (Phi) is 7.53. The number of furan rings is 1. The van der Waals surface area contributed by atoms with E-state index in [1.165, 1.54) is 49.2 Å². The van der Waals surface area contributed by atoms with Gasteiger partial charge in [0.25, 0.3) is 0 Å². The normalized spacial score (nSPS) is 11.6. The summed E-state index contributed by atoms with van der Waals surface area (Å²) in [5, 5.41) is 9.54. The second-order valence-electron chi connectivity index (χ2n) is 14.5.